The molecule has 1 aliphatic heterocycles. The van der Waals surface area contributed by atoms with Gasteiger partial charge in [0.1, 0.15) is 6.61 Å². The lowest BCUT2D eigenvalue weighted by molar-refractivity contribution is -0.135. The van der Waals surface area contributed by atoms with Crippen LogP contribution in [0.5, 0.6) is 5.88 Å². The number of benzene rings is 1. The van der Waals surface area contributed by atoms with Gasteiger partial charge < -0.3 is 19.3 Å². The SMILES string of the molecule is COCC(=O)N1CCCN(C(=O)c2cccc(-c3ccc(OC)nn3)c2)CC1. The number of amides is 2. The second kappa shape index (κ2) is 9.27. The van der Waals surface area contributed by atoms with Crippen molar-refractivity contribution in [3.8, 4) is 17.1 Å². The van der Waals surface area contributed by atoms with Crippen molar-refractivity contribution in [2.75, 3.05) is 47.0 Å². The van der Waals surface area contributed by atoms with Gasteiger partial charge in [0.15, 0.2) is 0 Å². The lowest BCUT2D eigenvalue weighted by Crippen LogP contribution is -2.38. The van der Waals surface area contributed by atoms with Gasteiger partial charge in [-0.05, 0) is 24.6 Å². The zero-order chi connectivity index (χ0) is 19.9. The van der Waals surface area contributed by atoms with Crippen LogP contribution in [0.3, 0.4) is 0 Å². The minimum atomic E-state index is -0.0515. The normalized spacial score (nSPS) is 14.5. The summed E-state index contributed by atoms with van der Waals surface area (Å²) in [6.07, 6.45) is 0.741. The van der Waals surface area contributed by atoms with Crippen LogP contribution in [0, 0.1) is 0 Å². The highest BCUT2D eigenvalue weighted by Crippen LogP contribution is 2.20. The maximum atomic E-state index is 13.0. The van der Waals surface area contributed by atoms with Crippen LogP contribution in [-0.2, 0) is 9.53 Å². The molecule has 3 rings (SSSR count). The van der Waals surface area contributed by atoms with Gasteiger partial charge in [-0.25, -0.2) is 0 Å². The zero-order valence-electron chi connectivity index (χ0n) is 16.1. The quantitative estimate of drug-likeness (QED) is 0.776. The van der Waals surface area contributed by atoms with Crippen LogP contribution in [0.4, 0.5) is 0 Å². The first-order valence-electron chi connectivity index (χ1n) is 9.16. The molecule has 0 N–H and O–H groups in total. The molecule has 148 valence electrons. The molecule has 1 saturated heterocycles. The minimum absolute atomic E-state index is 0.0446. The molecule has 0 spiro atoms. The summed E-state index contributed by atoms with van der Waals surface area (Å²) in [6.45, 7) is 2.33. The number of aromatic nitrogens is 2. The van der Waals surface area contributed by atoms with Gasteiger partial charge in [0.25, 0.3) is 5.91 Å². The molecule has 1 aromatic carbocycles. The van der Waals surface area contributed by atoms with E-state index in [9.17, 15) is 9.59 Å². The van der Waals surface area contributed by atoms with Crippen LogP contribution >= 0.6 is 0 Å². The summed E-state index contributed by atoms with van der Waals surface area (Å²) < 4.78 is 9.95. The molecule has 0 unspecified atom stereocenters. The summed E-state index contributed by atoms with van der Waals surface area (Å²) >= 11 is 0. The molecule has 0 radical (unpaired) electrons. The Morgan fingerprint density at radius 2 is 1.79 bits per heavy atom. The molecule has 8 nitrogen and oxygen atoms in total. The maximum absolute atomic E-state index is 13.0. The predicted molar refractivity (Wildman–Crippen MR) is 103 cm³/mol. The highest BCUT2D eigenvalue weighted by Gasteiger charge is 2.23. The van der Waals surface area contributed by atoms with E-state index in [1.54, 1.807) is 28.0 Å². The van der Waals surface area contributed by atoms with Crippen molar-refractivity contribution in [2.24, 2.45) is 0 Å². The average Bonchev–Trinajstić information content (AvgIpc) is 3.00. The number of ether oxygens (including phenoxy) is 2. The third-order valence-electron chi connectivity index (χ3n) is 4.66. The average molecular weight is 384 g/mol. The van der Waals surface area contributed by atoms with Crippen molar-refractivity contribution in [2.45, 2.75) is 6.42 Å². The zero-order valence-corrected chi connectivity index (χ0v) is 16.1. The third-order valence-corrected chi connectivity index (χ3v) is 4.66. The van der Waals surface area contributed by atoms with Crippen LogP contribution < -0.4 is 4.74 Å². The molecule has 8 heteroatoms. The van der Waals surface area contributed by atoms with Gasteiger partial charge in [0.2, 0.25) is 11.8 Å². The first kappa shape index (κ1) is 19.8. The van der Waals surface area contributed by atoms with Gasteiger partial charge in [0.05, 0.1) is 12.8 Å². The maximum Gasteiger partial charge on any atom is 0.253 e. The summed E-state index contributed by atoms with van der Waals surface area (Å²) in [4.78, 5) is 28.5. The topological polar surface area (TPSA) is 84.9 Å². The Hall–Kier alpha value is -3.00. The van der Waals surface area contributed by atoms with E-state index in [1.165, 1.54) is 14.2 Å². The van der Waals surface area contributed by atoms with E-state index >= 15 is 0 Å². The highest BCUT2D eigenvalue weighted by atomic mass is 16.5. The van der Waals surface area contributed by atoms with Crippen molar-refractivity contribution in [1.82, 2.24) is 20.0 Å². The molecule has 28 heavy (non-hydrogen) atoms. The number of hydrogen-bond acceptors (Lipinski definition) is 6. The number of carbonyl (C=O) groups is 2. The van der Waals surface area contributed by atoms with Crippen molar-refractivity contribution in [3.63, 3.8) is 0 Å². The largest absolute Gasteiger partial charge is 0.480 e. The summed E-state index contributed by atoms with van der Waals surface area (Å²) in [5.41, 5.74) is 2.07. The molecule has 2 heterocycles. The monoisotopic (exact) mass is 384 g/mol. The van der Waals surface area contributed by atoms with Crippen LogP contribution in [0.15, 0.2) is 36.4 Å². The van der Waals surface area contributed by atoms with E-state index in [1.807, 2.05) is 18.2 Å². The standard InChI is InChI=1S/C20H24N4O4/c1-27-14-19(25)23-9-4-10-24(12-11-23)20(26)16-6-3-5-15(13-16)17-7-8-18(28-2)22-21-17/h3,5-8,13H,4,9-12,14H2,1-2H3. The van der Waals surface area contributed by atoms with Gasteiger partial charge in [-0.2, -0.15) is 0 Å². The lowest BCUT2D eigenvalue weighted by atomic mass is 10.1. The fourth-order valence-electron chi connectivity index (χ4n) is 3.16. The Bertz CT molecular complexity index is 825. The fraction of sp³-hybridized carbons (Fsp3) is 0.400. The van der Waals surface area contributed by atoms with Crippen LogP contribution in [0.25, 0.3) is 11.3 Å². The second-order valence-corrected chi connectivity index (χ2v) is 6.50. The summed E-state index contributed by atoms with van der Waals surface area (Å²) in [7, 11) is 3.04. The molecule has 0 bridgehead atoms. The van der Waals surface area contributed by atoms with E-state index in [0.717, 1.165) is 12.0 Å². The first-order chi connectivity index (χ1) is 13.6. The second-order valence-electron chi connectivity index (χ2n) is 6.50. The molecule has 1 aliphatic rings. The van der Waals surface area contributed by atoms with Gasteiger partial charge in [-0.15, -0.1) is 10.2 Å². The van der Waals surface area contributed by atoms with Crippen LogP contribution in [0.2, 0.25) is 0 Å². The summed E-state index contributed by atoms with van der Waals surface area (Å²) in [5.74, 6) is 0.342. The Labute approximate surface area is 164 Å². The summed E-state index contributed by atoms with van der Waals surface area (Å²) in [6, 6.07) is 10.9. The number of rotatable bonds is 5. The number of hydrogen-bond donors (Lipinski definition) is 0. The van der Waals surface area contributed by atoms with Gasteiger partial charge in [0, 0.05) is 50.5 Å². The van der Waals surface area contributed by atoms with Crippen molar-refractivity contribution < 1.29 is 19.1 Å². The van der Waals surface area contributed by atoms with Crippen molar-refractivity contribution in [1.29, 1.82) is 0 Å². The molecule has 1 aromatic heterocycles. The number of carbonyl (C=O) groups excluding carboxylic acids is 2. The molecule has 0 atom stereocenters. The van der Waals surface area contributed by atoms with E-state index in [4.69, 9.17) is 9.47 Å². The fourth-order valence-corrected chi connectivity index (χ4v) is 3.16. The van der Waals surface area contributed by atoms with E-state index in [2.05, 4.69) is 10.2 Å². The minimum Gasteiger partial charge on any atom is -0.480 e. The van der Waals surface area contributed by atoms with Gasteiger partial charge in [-0.3, -0.25) is 9.59 Å². The molecular formula is C20H24N4O4. The Morgan fingerprint density at radius 1 is 1.00 bits per heavy atom. The molecule has 2 amide bonds. The first-order valence-corrected chi connectivity index (χ1v) is 9.16. The molecule has 0 aliphatic carbocycles. The van der Waals surface area contributed by atoms with Crippen molar-refractivity contribution >= 4 is 11.8 Å². The van der Waals surface area contributed by atoms with Crippen molar-refractivity contribution in [3.05, 3.63) is 42.0 Å². The van der Waals surface area contributed by atoms with Crippen LogP contribution in [0.1, 0.15) is 16.8 Å². The number of methoxy groups -OCH3 is 2. The number of nitrogens with zero attached hydrogens (tertiary/aromatic N) is 4. The predicted octanol–water partition coefficient (Wildman–Crippen LogP) is 1.47. The Balaban J connectivity index is 1.71. The highest BCUT2D eigenvalue weighted by molar-refractivity contribution is 5.95. The van der Waals surface area contributed by atoms with E-state index < -0.39 is 0 Å². The third kappa shape index (κ3) is 4.64. The summed E-state index contributed by atoms with van der Waals surface area (Å²) in [5, 5.41) is 8.11. The molecule has 2 aromatic rings. The Morgan fingerprint density at radius 3 is 2.50 bits per heavy atom. The Kier molecular flexibility index (Phi) is 6.54. The van der Waals surface area contributed by atoms with E-state index in [-0.39, 0.29) is 18.4 Å². The smallest absolute Gasteiger partial charge is 0.253 e. The van der Waals surface area contributed by atoms with Gasteiger partial charge >= 0.3 is 0 Å². The molecule has 1 fully saturated rings. The molecular weight excluding hydrogens is 360 g/mol. The molecule has 0 saturated carbocycles. The van der Waals surface area contributed by atoms with Gasteiger partial charge in [-0.1, -0.05) is 12.1 Å². The van der Waals surface area contributed by atoms with E-state index in [0.29, 0.717) is 43.3 Å². The van der Waals surface area contributed by atoms with Crippen LogP contribution in [-0.4, -0.2) is 78.8 Å². The lowest BCUT2D eigenvalue weighted by Gasteiger charge is -2.22.